The second kappa shape index (κ2) is 4.34. The van der Waals surface area contributed by atoms with Gasteiger partial charge in [0, 0.05) is 11.1 Å². The van der Waals surface area contributed by atoms with E-state index in [1.807, 2.05) is 6.07 Å². The van der Waals surface area contributed by atoms with Crippen LogP contribution in [-0.4, -0.2) is 12.6 Å². The molecule has 1 aromatic rings. The van der Waals surface area contributed by atoms with E-state index in [2.05, 4.69) is 44.3 Å². The van der Waals surface area contributed by atoms with Gasteiger partial charge in [-0.1, -0.05) is 12.1 Å². The van der Waals surface area contributed by atoms with Crippen LogP contribution in [0.25, 0.3) is 0 Å². The quantitative estimate of drug-likeness (QED) is 0.844. The topological polar surface area (TPSA) is 21.3 Å². The zero-order valence-electron chi connectivity index (χ0n) is 11.3. The van der Waals surface area contributed by atoms with Crippen LogP contribution in [0.4, 0.5) is 0 Å². The maximum Gasteiger partial charge on any atom is 0.119 e. The molecule has 1 heterocycles. The van der Waals surface area contributed by atoms with Gasteiger partial charge in [0.2, 0.25) is 0 Å². The van der Waals surface area contributed by atoms with Gasteiger partial charge in [-0.25, -0.2) is 0 Å². The third kappa shape index (κ3) is 2.63. The van der Waals surface area contributed by atoms with Gasteiger partial charge in [-0.2, -0.15) is 0 Å². The van der Waals surface area contributed by atoms with E-state index in [9.17, 15) is 0 Å². The normalized spacial score (nSPS) is 27.8. The average molecular weight is 233 g/mol. The molecule has 2 heteroatoms. The van der Waals surface area contributed by atoms with Crippen LogP contribution in [0.15, 0.2) is 24.3 Å². The van der Waals surface area contributed by atoms with Crippen molar-refractivity contribution in [3.05, 3.63) is 29.8 Å². The highest BCUT2D eigenvalue weighted by atomic mass is 16.5. The lowest BCUT2D eigenvalue weighted by Crippen LogP contribution is -2.54. The van der Waals surface area contributed by atoms with Crippen LogP contribution in [0.1, 0.15) is 45.6 Å². The minimum Gasteiger partial charge on any atom is -0.497 e. The van der Waals surface area contributed by atoms with Crippen LogP contribution < -0.4 is 10.1 Å². The van der Waals surface area contributed by atoms with Crippen molar-refractivity contribution in [1.82, 2.24) is 5.32 Å². The smallest absolute Gasteiger partial charge is 0.119 e. The predicted molar refractivity (Wildman–Crippen MR) is 71.4 cm³/mol. The Bertz CT molecular complexity index is 400. The van der Waals surface area contributed by atoms with E-state index in [1.165, 1.54) is 24.8 Å². The lowest BCUT2D eigenvalue weighted by Gasteiger charge is -2.45. The lowest BCUT2D eigenvalue weighted by atomic mass is 9.78. The number of hydrogen-bond acceptors (Lipinski definition) is 2. The molecule has 1 aromatic carbocycles. The summed E-state index contributed by atoms with van der Waals surface area (Å²) in [6, 6.07) is 8.41. The first kappa shape index (κ1) is 12.4. The van der Waals surface area contributed by atoms with Gasteiger partial charge in [0.05, 0.1) is 7.11 Å². The van der Waals surface area contributed by atoms with E-state index in [0.29, 0.717) is 0 Å². The molecule has 2 rings (SSSR count). The molecule has 94 valence electrons. The average Bonchev–Trinajstić information content (AvgIpc) is 2.27. The van der Waals surface area contributed by atoms with E-state index in [1.54, 1.807) is 7.11 Å². The second-order valence-electron chi connectivity index (χ2n) is 5.93. The van der Waals surface area contributed by atoms with Crippen molar-refractivity contribution in [1.29, 1.82) is 0 Å². The van der Waals surface area contributed by atoms with Crippen molar-refractivity contribution in [2.75, 3.05) is 7.11 Å². The third-order valence-electron chi connectivity index (χ3n) is 3.80. The maximum absolute atomic E-state index is 5.31. The minimum atomic E-state index is 0.0658. The molecule has 0 spiro atoms. The zero-order valence-corrected chi connectivity index (χ0v) is 11.3. The van der Waals surface area contributed by atoms with Crippen LogP contribution in [-0.2, 0) is 5.54 Å². The summed E-state index contributed by atoms with van der Waals surface area (Å²) in [4.78, 5) is 0. The molecule has 0 aromatic heterocycles. The molecule has 0 radical (unpaired) electrons. The fourth-order valence-corrected chi connectivity index (χ4v) is 2.94. The Kier molecular flexibility index (Phi) is 3.17. The zero-order chi connectivity index (χ0) is 12.5. The van der Waals surface area contributed by atoms with Crippen molar-refractivity contribution < 1.29 is 4.74 Å². The summed E-state index contributed by atoms with van der Waals surface area (Å²) >= 11 is 0. The number of benzene rings is 1. The Hall–Kier alpha value is -1.02. The standard InChI is InChI=1S/C15H23NO/c1-14(2)9-6-10-15(3,16-14)12-7-5-8-13(11-12)17-4/h5,7-8,11,16H,6,9-10H2,1-4H3. The van der Waals surface area contributed by atoms with Gasteiger partial charge in [0.1, 0.15) is 5.75 Å². The molecule has 0 aliphatic carbocycles. The Morgan fingerprint density at radius 3 is 2.59 bits per heavy atom. The van der Waals surface area contributed by atoms with Crippen LogP contribution in [0.3, 0.4) is 0 Å². The monoisotopic (exact) mass is 233 g/mol. The maximum atomic E-state index is 5.31. The Labute approximate surface area is 104 Å². The molecule has 1 atom stereocenters. The highest BCUT2D eigenvalue weighted by molar-refractivity contribution is 5.33. The van der Waals surface area contributed by atoms with E-state index >= 15 is 0 Å². The highest BCUT2D eigenvalue weighted by Gasteiger charge is 2.36. The summed E-state index contributed by atoms with van der Waals surface area (Å²) in [6.07, 6.45) is 3.70. The molecule has 0 amide bonds. The molecule has 2 nitrogen and oxygen atoms in total. The second-order valence-corrected chi connectivity index (χ2v) is 5.93. The van der Waals surface area contributed by atoms with Gasteiger partial charge < -0.3 is 10.1 Å². The number of methoxy groups -OCH3 is 1. The van der Waals surface area contributed by atoms with E-state index < -0.39 is 0 Å². The highest BCUT2D eigenvalue weighted by Crippen LogP contribution is 2.36. The molecule has 1 unspecified atom stereocenters. The summed E-state index contributed by atoms with van der Waals surface area (Å²) in [5, 5.41) is 3.78. The Morgan fingerprint density at radius 1 is 1.18 bits per heavy atom. The molecule has 0 saturated carbocycles. The molecule has 1 aliphatic rings. The van der Waals surface area contributed by atoms with Crippen LogP contribution >= 0.6 is 0 Å². The molecule has 1 fully saturated rings. The van der Waals surface area contributed by atoms with Gasteiger partial charge >= 0.3 is 0 Å². The Morgan fingerprint density at radius 2 is 1.94 bits per heavy atom. The summed E-state index contributed by atoms with van der Waals surface area (Å²) in [7, 11) is 1.72. The van der Waals surface area contributed by atoms with Gasteiger partial charge in [0.15, 0.2) is 0 Å². The first-order valence-corrected chi connectivity index (χ1v) is 6.39. The number of rotatable bonds is 2. The van der Waals surface area contributed by atoms with Crippen molar-refractivity contribution in [2.24, 2.45) is 0 Å². The number of ether oxygens (including phenoxy) is 1. The lowest BCUT2D eigenvalue weighted by molar-refractivity contribution is 0.167. The third-order valence-corrected chi connectivity index (χ3v) is 3.80. The molecule has 0 bridgehead atoms. The van der Waals surface area contributed by atoms with Crippen molar-refractivity contribution in [3.8, 4) is 5.75 Å². The first-order chi connectivity index (χ1) is 7.95. The van der Waals surface area contributed by atoms with E-state index in [-0.39, 0.29) is 11.1 Å². The van der Waals surface area contributed by atoms with E-state index in [0.717, 1.165) is 5.75 Å². The fraction of sp³-hybridized carbons (Fsp3) is 0.600. The number of nitrogens with one attached hydrogen (secondary N) is 1. The minimum absolute atomic E-state index is 0.0658. The SMILES string of the molecule is COc1cccc(C2(C)CCCC(C)(C)N2)c1. The molecule has 1 saturated heterocycles. The molecular formula is C15H23NO. The molecular weight excluding hydrogens is 210 g/mol. The summed E-state index contributed by atoms with van der Waals surface area (Å²) in [5.74, 6) is 0.939. The number of piperidine rings is 1. The molecule has 1 N–H and O–H groups in total. The van der Waals surface area contributed by atoms with Crippen molar-refractivity contribution in [2.45, 2.75) is 51.1 Å². The first-order valence-electron chi connectivity index (χ1n) is 6.39. The van der Waals surface area contributed by atoms with Gasteiger partial charge in [0.25, 0.3) is 0 Å². The van der Waals surface area contributed by atoms with Crippen LogP contribution in [0, 0.1) is 0 Å². The van der Waals surface area contributed by atoms with Gasteiger partial charge in [-0.3, -0.25) is 0 Å². The summed E-state index contributed by atoms with van der Waals surface area (Å²) in [6.45, 7) is 6.86. The van der Waals surface area contributed by atoms with Crippen molar-refractivity contribution in [3.63, 3.8) is 0 Å². The fourth-order valence-electron chi connectivity index (χ4n) is 2.94. The van der Waals surface area contributed by atoms with Crippen LogP contribution in [0.5, 0.6) is 5.75 Å². The summed E-state index contributed by atoms with van der Waals surface area (Å²) in [5.41, 5.74) is 1.61. The summed E-state index contributed by atoms with van der Waals surface area (Å²) < 4.78 is 5.31. The van der Waals surface area contributed by atoms with E-state index in [4.69, 9.17) is 4.74 Å². The Balaban J connectivity index is 2.30. The van der Waals surface area contributed by atoms with Crippen LogP contribution in [0.2, 0.25) is 0 Å². The van der Waals surface area contributed by atoms with Gasteiger partial charge in [-0.05, 0) is 57.7 Å². The molecule has 1 aliphatic heterocycles. The van der Waals surface area contributed by atoms with Crippen molar-refractivity contribution >= 4 is 0 Å². The largest absolute Gasteiger partial charge is 0.497 e. The van der Waals surface area contributed by atoms with Gasteiger partial charge in [-0.15, -0.1) is 0 Å². The molecule has 17 heavy (non-hydrogen) atoms. The number of hydrogen-bond donors (Lipinski definition) is 1. The predicted octanol–water partition coefficient (Wildman–Crippen LogP) is 3.46.